The normalized spacial score (nSPS) is 15.1. The average molecular weight is 320 g/mol. The van der Waals surface area contributed by atoms with Crippen LogP contribution in [-0.4, -0.2) is 35.1 Å². The van der Waals surface area contributed by atoms with Gasteiger partial charge in [0.25, 0.3) is 5.91 Å². The molecule has 0 fully saturated rings. The Morgan fingerprint density at radius 3 is 2.17 bits per heavy atom. The zero-order chi connectivity index (χ0) is 17.6. The third-order valence-corrected chi connectivity index (χ3v) is 4.14. The molecule has 3 N–H and O–H groups in total. The highest BCUT2D eigenvalue weighted by molar-refractivity contribution is 5.97. The van der Waals surface area contributed by atoms with Crippen molar-refractivity contribution in [3.8, 4) is 0 Å². The molecule has 2 amide bonds. The van der Waals surface area contributed by atoms with Gasteiger partial charge in [0, 0.05) is 12.1 Å². The minimum absolute atomic E-state index is 0.0132. The fraction of sp³-hybridized carbons (Fsp3) is 0.556. The molecule has 5 heteroatoms. The third-order valence-electron chi connectivity index (χ3n) is 4.14. The first-order chi connectivity index (χ1) is 10.6. The van der Waals surface area contributed by atoms with Gasteiger partial charge in [-0.2, -0.15) is 0 Å². The zero-order valence-corrected chi connectivity index (χ0v) is 14.6. The molecule has 0 saturated heterocycles. The molecule has 0 radical (unpaired) electrons. The van der Waals surface area contributed by atoms with Crippen LogP contribution in [0.5, 0.6) is 0 Å². The van der Waals surface area contributed by atoms with Gasteiger partial charge in [0.1, 0.15) is 6.04 Å². The first-order valence-corrected chi connectivity index (χ1v) is 8.01. The number of carbonyl (C=O) groups excluding carboxylic acids is 2. The Kier molecular flexibility index (Phi) is 6.76. The molecule has 1 aromatic rings. The van der Waals surface area contributed by atoms with Crippen LogP contribution in [0.25, 0.3) is 0 Å². The fourth-order valence-corrected chi connectivity index (χ4v) is 1.93. The summed E-state index contributed by atoms with van der Waals surface area (Å²) in [6.45, 7) is 9.36. The minimum Gasteiger partial charge on any atom is -0.388 e. The predicted octanol–water partition coefficient (Wildman–Crippen LogP) is 1.96. The van der Waals surface area contributed by atoms with Gasteiger partial charge in [0.2, 0.25) is 5.91 Å². The Bertz CT molecular complexity index is 524. The predicted molar refractivity (Wildman–Crippen MR) is 91.0 cm³/mol. The molecule has 0 heterocycles. The summed E-state index contributed by atoms with van der Waals surface area (Å²) >= 11 is 0. The third kappa shape index (κ3) is 5.67. The molecule has 2 atom stereocenters. The topological polar surface area (TPSA) is 78.4 Å². The summed E-state index contributed by atoms with van der Waals surface area (Å²) in [6.07, 6.45) is 0. The molecular formula is C18H28N2O3. The lowest BCUT2D eigenvalue weighted by atomic mass is 9.92. The molecule has 0 saturated carbocycles. The van der Waals surface area contributed by atoms with E-state index in [1.165, 1.54) is 0 Å². The van der Waals surface area contributed by atoms with Crippen molar-refractivity contribution in [3.63, 3.8) is 0 Å². The number of rotatable bonds is 7. The van der Waals surface area contributed by atoms with Crippen molar-refractivity contribution >= 4 is 11.8 Å². The zero-order valence-electron chi connectivity index (χ0n) is 14.6. The molecule has 0 aliphatic heterocycles. The number of hydrogen-bond donors (Lipinski definition) is 3. The number of aliphatic hydroxyl groups is 1. The number of amides is 2. The van der Waals surface area contributed by atoms with Gasteiger partial charge in [-0.15, -0.1) is 0 Å². The largest absolute Gasteiger partial charge is 0.388 e. The van der Waals surface area contributed by atoms with Crippen LogP contribution in [0, 0.1) is 11.8 Å². The highest BCUT2D eigenvalue weighted by Gasteiger charge is 2.29. The van der Waals surface area contributed by atoms with Crippen LogP contribution in [0.3, 0.4) is 0 Å². The van der Waals surface area contributed by atoms with Crippen molar-refractivity contribution < 1.29 is 14.7 Å². The monoisotopic (exact) mass is 320 g/mol. The van der Waals surface area contributed by atoms with Crippen LogP contribution in [0.2, 0.25) is 0 Å². The molecule has 5 nitrogen and oxygen atoms in total. The quantitative estimate of drug-likeness (QED) is 0.718. The van der Waals surface area contributed by atoms with Gasteiger partial charge in [-0.3, -0.25) is 9.59 Å². The first kappa shape index (κ1) is 19.2. The van der Waals surface area contributed by atoms with E-state index < -0.39 is 11.6 Å². The molecule has 1 aromatic carbocycles. The summed E-state index contributed by atoms with van der Waals surface area (Å²) in [6, 6.07) is 8.14. The number of nitrogens with one attached hydrogen (secondary N) is 2. The second kappa shape index (κ2) is 8.11. The van der Waals surface area contributed by atoms with E-state index in [2.05, 4.69) is 10.6 Å². The second-order valence-electron chi connectivity index (χ2n) is 6.79. The molecule has 1 rings (SSSR count). The van der Waals surface area contributed by atoms with Gasteiger partial charge in [-0.05, 0) is 30.9 Å². The van der Waals surface area contributed by atoms with Crippen LogP contribution in [0.15, 0.2) is 30.3 Å². The van der Waals surface area contributed by atoms with E-state index in [1.807, 2.05) is 33.8 Å². The first-order valence-electron chi connectivity index (χ1n) is 8.01. The van der Waals surface area contributed by atoms with E-state index in [-0.39, 0.29) is 30.2 Å². The number of hydrogen-bond acceptors (Lipinski definition) is 3. The molecule has 2 unspecified atom stereocenters. The summed E-state index contributed by atoms with van der Waals surface area (Å²) in [5.74, 6) is -0.619. The van der Waals surface area contributed by atoms with Crippen molar-refractivity contribution in [3.05, 3.63) is 35.9 Å². The number of benzene rings is 1. The van der Waals surface area contributed by atoms with Gasteiger partial charge in [-0.25, -0.2) is 0 Å². The van der Waals surface area contributed by atoms with Crippen molar-refractivity contribution in [2.75, 3.05) is 6.54 Å². The summed E-state index contributed by atoms with van der Waals surface area (Å²) in [5.41, 5.74) is -0.471. The molecule has 0 spiro atoms. The molecule has 0 aliphatic carbocycles. The van der Waals surface area contributed by atoms with Crippen LogP contribution >= 0.6 is 0 Å². The van der Waals surface area contributed by atoms with E-state index in [9.17, 15) is 14.7 Å². The lowest BCUT2D eigenvalue weighted by Gasteiger charge is -2.29. The molecule has 0 aliphatic rings. The van der Waals surface area contributed by atoms with E-state index in [0.29, 0.717) is 5.56 Å². The SMILES string of the molecule is CC(C)C(NC(=O)c1ccccc1)C(=O)NCC(C)(O)C(C)C. The lowest BCUT2D eigenvalue weighted by molar-refractivity contribution is -0.125. The Balaban J connectivity index is 2.71. The van der Waals surface area contributed by atoms with Crippen molar-refractivity contribution in [1.29, 1.82) is 0 Å². The van der Waals surface area contributed by atoms with Gasteiger partial charge in [0.15, 0.2) is 0 Å². The van der Waals surface area contributed by atoms with Gasteiger partial charge in [0.05, 0.1) is 5.60 Å². The minimum atomic E-state index is -0.985. The Morgan fingerprint density at radius 2 is 1.70 bits per heavy atom. The smallest absolute Gasteiger partial charge is 0.251 e. The Hall–Kier alpha value is -1.88. The maximum absolute atomic E-state index is 12.4. The summed E-state index contributed by atoms with van der Waals surface area (Å²) in [7, 11) is 0. The lowest BCUT2D eigenvalue weighted by Crippen LogP contribution is -2.53. The van der Waals surface area contributed by atoms with Crippen molar-refractivity contribution in [2.24, 2.45) is 11.8 Å². The molecule has 0 aromatic heterocycles. The summed E-state index contributed by atoms with van der Waals surface area (Å²) in [4.78, 5) is 24.6. The molecule has 23 heavy (non-hydrogen) atoms. The van der Waals surface area contributed by atoms with Crippen molar-refractivity contribution in [2.45, 2.75) is 46.3 Å². The van der Waals surface area contributed by atoms with Crippen LogP contribution in [0.1, 0.15) is 45.0 Å². The maximum Gasteiger partial charge on any atom is 0.251 e. The highest BCUT2D eigenvalue weighted by Crippen LogP contribution is 2.15. The van der Waals surface area contributed by atoms with Crippen molar-refractivity contribution in [1.82, 2.24) is 10.6 Å². The van der Waals surface area contributed by atoms with Gasteiger partial charge in [-0.1, -0.05) is 45.9 Å². The van der Waals surface area contributed by atoms with E-state index in [0.717, 1.165) is 0 Å². The fourth-order valence-electron chi connectivity index (χ4n) is 1.93. The molecule has 128 valence electrons. The average Bonchev–Trinajstić information content (AvgIpc) is 2.50. The van der Waals surface area contributed by atoms with Crippen LogP contribution in [0.4, 0.5) is 0 Å². The second-order valence-corrected chi connectivity index (χ2v) is 6.79. The van der Waals surface area contributed by atoms with E-state index in [4.69, 9.17) is 0 Å². The van der Waals surface area contributed by atoms with Gasteiger partial charge >= 0.3 is 0 Å². The summed E-state index contributed by atoms with van der Waals surface area (Å²) in [5, 5.41) is 15.7. The van der Waals surface area contributed by atoms with Crippen LogP contribution < -0.4 is 10.6 Å². The molecule has 0 bridgehead atoms. The maximum atomic E-state index is 12.4. The van der Waals surface area contributed by atoms with Gasteiger partial charge < -0.3 is 15.7 Å². The van der Waals surface area contributed by atoms with Crippen LogP contribution in [-0.2, 0) is 4.79 Å². The standard InChI is InChI=1S/C18H28N2O3/c1-12(2)15(17(22)19-11-18(5,23)13(3)4)20-16(21)14-9-7-6-8-10-14/h6-10,12-13,15,23H,11H2,1-5H3,(H,19,22)(H,20,21). The van der Waals surface area contributed by atoms with E-state index >= 15 is 0 Å². The summed E-state index contributed by atoms with van der Waals surface area (Å²) < 4.78 is 0. The van der Waals surface area contributed by atoms with E-state index in [1.54, 1.807) is 31.2 Å². The number of carbonyl (C=O) groups is 2. The Morgan fingerprint density at radius 1 is 1.13 bits per heavy atom. The molecular weight excluding hydrogens is 292 g/mol. The highest BCUT2D eigenvalue weighted by atomic mass is 16.3. The Labute approximate surface area is 138 Å².